The Labute approximate surface area is 96.4 Å². The van der Waals surface area contributed by atoms with Gasteiger partial charge in [0, 0.05) is 24.6 Å². The number of pyridine rings is 1. The van der Waals surface area contributed by atoms with Crippen molar-refractivity contribution in [1.29, 1.82) is 0 Å². The Bertz CT molecular complexity index is 356. The molecule has 2 rings (SSSR count). The maximum absolute atomic E-state index is 4.01. The first-order chi connectivity index (χ1) is 7.95. The molecule has 0 atom stereocenters. The molecule has 0 spiro atoms. The molecule has 16 heavy (non-hydrogen) atoms. The van der Waals surface area contributed by atoms with E-state index in [9.17, 15) is 0 Å². The molecule has 0 saturated heterocycles. The van der Waals surface area contributed by atoms with Crippen LogP contribution in [-0.4, -0.2) is 11.5 Å². The molecule has 0 aliphatic heterocycles. The van der Waals surface area contributed by atoms with Gasteiger partial charge in [-0.1, -0.05) is 18.2 Å². The minimum absolute atomic E-state index is 1.01. The van der Waals surface area contributed by atoms with Crippen molar-refractivity contribution in [3.63, 3.8) is 0 Å². The Morgan fingerprint density at radius 1 is 0.938 bits per heavy atom. The van der Waals surface area contributed by atoms with Crippen molar-refractivity contribution in [3.05, 3.63) is 60.4 Å². The van der Waals surface area contributed by atoms with Gasteiger partial charge in [0.15, 0.2) is 0 Å². The minimum Gasteiger partial charge on any atom is -0.385 e. The Morgan fingerprint density at radius 2 is 1.69 bits per heavy atom. The molecule has 82 valence electrons. The molecule has 0 bridgehead atoms. The Kier molecular flexibility index (Phi) is 3.94. The third-order valence-electron chi connectivity index (χ3n) is 2.49. The van der Waals surface area contributed by atoms with E-state index in [1.807, 2.05) is 30.6 Å². The van der Waals surface area contributed by atoms with Crippen molar-refractivity contribution in [3.8, 4) is 0 Å². The summed E-state index contributed by atoms with van der Waals surface area (Å²) in [5, 5.41) is 3.40. The SMILES string of the molecule is c1ccc(NCCCc2ccncc2)cc1. The van der Waals surface area contributed by atoms with Crippen LogP contribution in [0.5, 0.6) is 0 Å². The predicted molar refractivity (Wildman–Crippen MR) is 67.5 cm³/mol. The minimum atomic E-state index is 1.01. The molecule has 0 unspecified atom stereocenters. The van der Waals surface area contributed by atoms with Crippen molar-refractivity contribution in [2.45, 2.75) is 12.8 Å². The molecule has 0 radical (unpaired) electrons. The lowest BCUT2D eigenvalue weighted by atomic mass is 10.1. The van der Waals surface area contributed by atoms with Gasteiger partial charge in [-0.05, 0) is 42.7 Å². The third kappa shape index (κ3) is 3.39. The fourth-order valence-electron chi connectivity index (χ4n) is 1.63. The van der Waals surface area contributed by atoms with E-state index in [0.29, 0.717) is 0 Å². The van der Waals surface area contributed by atoms with E-state index < -0.39 is 0 Å². The van der Waals surface area contributed by atoms with E-state index in [0.717, 1.165) is 19.4 Å². The van der Waals surface area contributed by atoms with Crippen LogP contribution in [-0.2, 0) is 6.42 Å². The van der Waals surface area contributed by atoms with Crippen LogP contribution >= 0.6 is 0 Å². The van der Waals surface area contributed by atoms with Gasteiger partial charge in [-0.2, -0.15) is 0 Å². The van der Waals surface area contributed by atoms with Crippen LogP contribution < -0.4 is 5.32 Å². The maximum Gasteiger partial charge on any atom is 0.0340 e. The second kappa shape index (κ2) is 5.91. The monoisotopic (exact) mass is 212 g/mol. The summed E-state index contributed by atoms with van der Waals surface area (Å²) in [4.78, 5) is 4.01. The van der Waals surface area contributed by atoms with E-state index in [4.69, 9.17) is 0 Å². The summed E-state index contributed by atoms with van der Waals surface area (Å²) < 4.78 is 0. The molecule has 0 aliphatic carbocycles. The van der Waals surface area contributed by atoms with Gasteiger partial charge in [0.25, 0.3) is 0 Å². The van der Waals surface area contributed by atoms with Crippen LogP contribution in [0.1, 0.15) is 12.0 Å². The summed E-state index contributed by atoms with van der Waals surface area (Å²) in [6, 6.07) is 14.4. The van der Waals surface area contributed by atoms with Crippen molar-refractivity contribution in [2.24, 2.45) is 0 Å². The highest BCUT2D eigenvalue weighted by molar-refractivity contribution is 5.42. The van der Waals surface area contributed by atoms with E-state index in [1.165, 1.54) is 11.3 Å². The molecule has 0 aliphatic rings. The maximum atomic E-state index is 4.01. The van der Waals surface area contributed by atoms with Crippen molar-refractivity contribution in [1.82, 2.24) is 4.98 Å². The number of anilines is 1. The lowest BCUT2D eigenvalue weighted by molar-refractivity contribution is 0.861. The first-order valence-corrected chi connectivity index (χ1v) is 5.63. The number of nitrogens with zero attached hydrogens (tertiary/aromatic N) is 1. The van der Waals surface area contributed by atoms with Gasteiger partial charge in [-0.15, -0.1) is 0 Å². The number of hydrogen-bond donors (Lipinski definition) is 1. The quantitative estimate of drug-likeness (QED) is 0.770. The van der Waals surface area contributed by atoms with Crippen LogP contribution in [0.2, 0.25) is 0 Å². The zero-order valence-electron chi connectivity index (χ0n) is 9.26. The number of hydrogen-bond acceptors (Lipinski definition) is 2. The molecule has 1 aromatic carbocycles. The van der Waals surface area contributed by atoms with E-state index in [2.05, 4.69) is 34.6 Å². The number of aromatic nitrogens is 1. The third-order valence-corrected chi connectivity index (χ3v) is 2.49. The molecule has 1 aromatic heterocycles. The lowest BCUT2D eigenvalue weighted by Crippen LogP contribution is -2.02. The standard InChI is InChI=1S/C14H16N2/c1-2-6-14(7-3-1)16-10-4-5-13-8-11-15-12-9-13/h1-3,6-9,11-12,16H,4-5,10H2. The summed E-state index contributed by atoms with van der Waals surface area (Å²) in [6.45, 7) is 1.01. The second-order valence-electron chi connectivity index (χ2n) is 3.75. The molecular formula is C14H16N2. The number of nitrogens with one attached hydrogen (secondary N) is 1. The first kappa shape index (κ1) is 10.7. The van der Waals surface area contributed by atoms with Crippen molar-refractivity contribution >= 4 is 5.69 Å². The fraction of sp³-hybridized carbons (Fsp3) is 0.214. The molecule has 1 heterocycles. The van der Waals surface area contributed by atoms with Gasteiger partial charge >= 0.3 is 0 Å². The molecular weight excluding hydrogens is 196 g/mol. The zero-order chi connectivity index (χ0) is 11.1. The topological polar surface area (TPSA) is 24.9 Å². The van der Waals surface area contributed by atoms with Gasteiger partial charge in [0.2, 0.25) is 0 Å². The molecule has 0 fully saturated rings. The Balaban J connectivity index is 1.70. The smallest absolute Gasteiger partial charge is 0.0340 e. The highest BCUT2D eigenvalue weighted by Gasteiger charge is 1.92. The fourth-order valence-corrected chi connectivity index (χ4v) is 1.63. The van der Waals surface area contributed by atoms with E-state index >= 15 is 0 Å². The molecule has 0 saturated carbocycles. The predicted octanol–water partition coefficient (Wildman–Crippen LogP) is 3.13. The van der Waals surface area contributed by atoms with Gasteiger partial charge < -0.3 is 5.32 Å². The largest absolute Gasteiger partial charge is 0.385 e. The Hall–Kier alpha value is -1.83. The van der Waals surface area contributed by atoms with Crippen LogP contribution in [0.15, 0.2) is 54.9 Å². The number of rotatable bonds is 5. The van der Waals surface area contributed by atoms with Gasteiger partial charge in [-0.3, -0.25) is 4.98 Å². The van der Waals surface area contributed by atoms with Gasteiger partial charge in [-0.25, -0.2) is 0 Å². The Morgan fingerprint density at radius 3 is 2.44 bits per heavy atom. The second-order valence-corrected chi connectivity index (χ2v) is 3.75. The van der Waals surface area contributed by atoms with Crippen LogP contribution in [0, 0.1) is 0 Å². The normalized spacial score (nSPS) is 10.0. The average Bonchev–Trinajstić information content (AvgIpc) is 2.37. The van der Waals surface area contributed by atoms with Crippen molar-refractivity contribution in [2.75, 3.05) is 11.9 Å². The average molecular weight is 212 g/mol. The first-order valence-electron chi connectivity index (χ1n) is 5.63. The number of aryl methyl sites for hydroxylation is 1. The highest BCUT2D eigenvalue weighted by atomic mass is 14.9. The van der Waals surface area contributed by atoms with E-state index in [1.54, 1.807) is 0 Å². The zero-order valence-corrected chi connectivity index (χ0v) is 9.26. The van der Waals surface area contributed by atoms with Gasteiger partial charge in [0.05, 0.1) is 0 Å². The van der Waals surface area contributed by atoms with Crippen LogP contribution in [0.3, 0.4) is 0 Å². The molecule has 2 nitrogen and oxygen atoms in total. The summed E-state index contributed by atoms with van der Waals surface area (Å²) in [5.41, 5.74) is 2.54. The van der Waals surface area contributed by atoms with Gasteiger partial charge in [0.1, 0.15) is 0 Å². The van der Waals surface area contributed by atoms with Crippen LogP contribution in [0.25, 0.3) is 0 Å². The summed E-state index contributed by atoms with van der Waals surface area (Å²) in [5.74, 6) is 0. The van der Waals surface area contributed by atoms with Crippen LogP contribution in [0.4, 0.5) is 5.69 Å². The summed E-state index contributed by atoms with van der Waals surface area (Å²) in [6.07, 6.45) is 5.93. The lowest BCUT2D eigenvalue weighted by Gasteiger charge is -2.05. The molecule has 0 amide bonds. The van der Waals surface area contributed by atoms with Crippen molar-refractivity contribution < 1.29 is 0 Å². The number of benzene rings is 1. The molecule has 1 N–H and O–H groups in total. The molecule has 2 aromatic rings. The summed E-state index contributed by atoms with van der Waals surface area (Å²) >= 11 is 0. The van der Waals surface area contributed by atoms with E-state index in [-0.39, 0.29) is 0 Å². The summed E-state index contributed by atoms with van der Waals surface area (Å²) in [7, 11) is 0. The molecule has 2 heteroatoms. The highest BCUT2D eigenvalue weighted by Crippen LogP contribution is 2.06. The number of para-hydroxylation sites is 1.